The largest absolute Gasteiger partial charge is 0.385 e. The lowest BCUT2D eigenvalue weighted by Gasteiger charge is -2.43. The number of carbonyl (C=O) groups is 1. The van der Waals surface area contributed by atoms with Crippen LogP contribution >= 0.6 is 11.3 Å². The molecule has 34 heavy (non-hydrogen) atoms. The molecule has 0 unspecified atom stereocenters. The van der Waals surface area contributed by atoms with Crippen LogP contribution in [-0.4, -0.2) is 62.5 Å². The molecule has 0 saturated carbocycles. The van der Waals surface area contributed by atoms with Crippen molar-refractivity contribution < 1.29 is 14.6 Å². The van der Waals surface area contributed by atoms with E-state index in [9.17, 15) is 9.90 Å². The minimum atomic E-state index is -0.991. The Hall–Kier alpha value is -1.93. The Morgan fingerprint density at radius 3 is 2.94 bits per heavy atom. The number of hydrogen-bond acceptors (Lipinski definition) is 5. The number of carbonyl (C=O) groups excluding carboxylic acids is 1. The summed E-state index contributed by atoms with van der Waals surface area (Å²) in [6.45, 7) is 8.63. The number of hydrogen-bond donors (Lipinski definition) is 3. The standard InChI is InChI=1S/C27H41N3O3S/c1-20(2)17-22(18-28-3)29-26(31)30-14-8-9-21(19-30)27(32,13-5-6-15-33-4)24-10-7-11-25-23(24)12-16-34-25/h7,10-12,16,21-22,28,32H,1,5-6,8-9,13-15,17-19H2,2-4H3,(H,29,31)/t21-,22+,27+/m1/s1. The first kappa shape index (κ1) is 26.7. The molecule has 0 spiro atoms. The molecule has 1 saturated heterocycles. The molecule has 6 nitrogen and oxygen atoms in total. The number of methoxy groups -OCH3 is 1. The van der Waals surface area contributed by atoms with Gasteiger partial charge in [-0.15, -0.1) is 17.9 Å². The van der Waals surface area contributed by atoms with Gasteiger partial charge in [-0.05, 0) is 81.0 Å². The third kappa shape index (κ3) is 6.60. The van der Waals surface area contributed by atoms with Crippen molar-refractivity contribution in [1.82, 2.24) is 15.5 Å². The third-order valence-corrected chi connectivity index (χ3v) is 7.76. The maximum atomic E-state index is 13.2. The second kappa shape index (κ2) is 12.7. The van der Waals surface area contributed by atoms with E-state index in [4.69, 9.17) is 4.74 Å². The lowest BCUT2D eigenvalue weighted by atomic mass is 9.73. The summed E-state index contributed by atoms with van der Waals surface area (Å²) in [6, 6.07) is 8.29. The summed E-state index contributed by atoms with van der Waals surface area (Å²) < 4.78 is 6.43. The van der Waals surface area contributed by atoms with Gasteiger partial charge in [0.1, 0.15) is 0 Å². The second-order valence-corrected chi connectivity index (χ2v) is 10.6. The highest BCUT2D eigenvalue weighted by atomic mass is 32.1. The van der Waals surface area contributed by atoms with E-state index in [2.05, 4.69) is 40.8 Å². The van der Waals surface area contributed by atoms with Crippen molar-refractivity contribution in [2.75, 3.05) is 40.4 Å². The van der Waals surface area contributed by atoms with Crippen molar-refractivity contribution >= 4 is 27.5 Å². The fourth-order valence-electron chi connectivity index (χ4n) is 5.23. The summed E-state index contributed by atoms with van der Waals surface area (Å²) in [5.41, 5.74) is 1.05. The Morgan fingerprint density at radius 1 is 1.38 bits per heavy atom. The molecule has 3 rings (SSSR count). The SMILES string of the molecule is C=C(C)C[C@@H](CNC)NC(=O)N1CCC[C@@H]([C@@](O)(CCCCOC)c2cccc3sccc23)C1. The van der Waals surface area contributed by atoms with Crippen LogP contribution in [0.1, 0.15) is 51.0 Å². The molecule has 2 aromatic rings. The molecule has 3 N–H and O–H groups in total. The van der Waals surface area contributed by atoms with Crippen molar-refractivity contribution in [3.8, 4) is 0 Å². The van der Waals surface area contributed by atoms with Crippen LogP contribution in [0.4, 0.5) is 4.79 Å². The summed E-state index contributed by atoms with van der Waals surface area (Å²) in [6.07, 6.45) is 4.96. The zero-order valence-electron chi connectivity index (χ0n) is 20.9. The van der Waals surface area contributed by atoms with Gasteiger partial charge in [-0.25, -0.2) is 4.79 Å². The number of unbranched alkanes of at least 4 members (excludes halogenated alkanes) is 1. The number of piperidine rings is 1. The second-order valence-electron chi connectivity index (χ2n) is 9.66. The Kier molecular flexibility index (Phi) is 9.95. The first-order chi connectivity index (χ1) is 16.4. The number of nitrogens with zero attached hydrogens (tertiary/aromatic N) is 1. The third-order valence-electron chi connectivity index (χ3n) is 6.88. The number of likely N-dealkylation sites (tertiary alicyclic amines) is 1. The van der Waals surface area contributed by atoms with Crippen LogP contribution in [0.25, 0.3) is 10.1 Å². The van der Waals surface area contributed by atoms with Gasteiger partial charge in [0.2, 0.25) is 0 Å². The van der Waals surface area contributed by atoms with E-state index in [1.54, 1.807) is 18.4 Å². The van der Waals surface area contributed by atoms with E-state index < -0.39 is 5.60 Å². The smallest absolute Gasteiger partial charge is 0.317 e. The summed E-state index contributed by atoms with van der Waals surface area (Å²) in [5.74, 6) is -0.0241. The van der Waals surface area contributed by atoms with Gasteiger partial charge in [0.15, 0.2) is 0 Å². The predicted octanol–water partition coefficient (Wildman–Crippen LogP) is 4.88. The van der Waals surface area contributed by atoms with Crippen molar-refractivity contribution in [2.45, 2.75) is 57.1 Å². The molecule has 188 valence electrons. The van der Waals surface area contributed by atoms with Crippen LogP contribution < -0.4 is 10.6 Å². The van der Waals surface area contributed by atoms with E-state index in [0.29, 0.717) is 32.7 Å². The van der Waals surface area contributed by atoms with Gasteiger partial charge >= 0.3 is 6.03 Å². The van der Waals surface area contributed by atoms with E-state index in [1.807, 2.05) is 24.9 Å². The van der Waals surface area contributed by atoms with Gasteiger partial charge in [0, 0.05) is 50.0 Å². The fourth-order valence-corrected chi connectivity index (χ4v) is 6.04. The summed E-state index contributed by atoms with van der Waals surface area (Å²) in [5, 5.41) is 21.8. The minimum absolute atomic E-state index is 0.00265. The lowest BCUT2D eigenvalue weighted by Crippen LogP contribution is -2.53. The highest BCUT2D eigenvalue weighted by Crippen LogP contribution is 2.43. The maximum absolute atomic E-state index is 13.2. The average Bonchev–Trinajstić information content (AvgIpc) is 3.30. The van der Waals surface area contributed by atoms with Crippen LogP contribution in [0.3, 0.4) is 0 Å². The van der Waals surface area contributed by atoms with Crippen LogP contribution in [0.2, 0.25) is 0 Å². The number of likely N-dealkylation sites (N-methyl/N-ethyl adjacent to an activating group) is 1. The molecule has 3 atom stereocenters. The fraction of sp³-hybridized carbons (Fsp3) is 0.593. The number of fused-ring (bicyclic) bond motifs is 1. The zero-order chi connectivity index (χ0) is 24.6. The summed E-state index contributed by atoms with van der Waals surface area (Å²) in [4.78, 5) is 15.1. The molecular formula is C27H41N3O3S. The van der Waals surface area contributed by atoms with Gasteiger partial charge in [-0.2, -0.15) is 0 Å². The summed E-state index contributed by atoms with van der Waals surface area (Å²) in [7, 11) is 3.61. The number of thiophene rings is 1. The summed E-state index contributed by atoms with van der Waals surface area (Å²) >= 11 is 1.70. The van der Waals surface area contributed by atoms with Crippen LogP contribution in [0, 0.1) is 5.92 Å². The van der Waals surface area contributed by atoms with Crippen molar-refractivity contribution in [3.63, 3.8) is 0 Å². The van der Waals surface area contributed by atoms with Gasteiger partial charge < -0.3 is 25.4 Å². The highest BCUT2D eigenvalue weighted by molar-refractivity contribution is 7.17. The van der Waals surface area contributed by atoms with Crippen molar-refractivity contribution in [2.24, 2.45) is 5.92 Å². The van der Waals surface area contributed by atoms with Crippen LogP contribution in [0.5, 0.6) is 0 Å². The molecule has 1 aromatic heterocycles. The maximum Gasteiger partial charge on any atom is 0.317 e. The normalized spacial score (nSPS) is 19.1. The molecule has 1 fully saturated rings. The van der Waals surface area contributed by atoms with E-state index in [-0.39, 0.29) is 18.0 Å². The number of ether oxygens (including phenoxy) is 1. The predicted molar refractivity (Wildman–Crippen MR) is 141 cm³/mol. The van der Waals surface area contributed by atoms with E-state index in [1.165, 1.54) is 4.70 Å². The van der Waals surface area contributed by atoms with Crippen LogP contribution in [-0.2, 0) is 10.3 Å². The van der Waals surface area contributed by atoms with Gasteiger partial charge in [0.25, 0.3) is 0 Å². The number of aliphatic hydroxyl groups is 1. The Morgan fingerprint density at radius 2 is 2.21 bits per heavy atom. The van der Waals surface area contributed by atoms with Gasteiger partial charge in [-0.3, -0.25) is 0 Å². The Labute approximate surface area is 208 Å². The number of nitrogens with one attached hydrogen (secondary N) is 2. The average molecular weight is 488 g/mol. The molecule has 1 aromatic carbocycles. The van der Waals surface area contributed by atoms with Gasteiger partial charge in [-0.1, -0.05) is 17.7 Å². The first-order valence-electron chi connectivity index (χ1n) is 12.4. The van der Waals surface area contributed by atoms with E-state index in [0.717, 1.165) is 48.6 Å². The Bertz CT molecular complexity index is 946. The molecule has 1 aliphatic heterocycles. The minimum Gasteiger partial charge on any atom is -0.385 e. The van der Waals surface area contributed by atoms with E-state index >= 15 is 0 Å². The zero-order valence-corrected chi connectivity index (χ0v) is 21.8. The van der Waals surface area contributed by atoms with Crippen molar-refractivity contribution in [1.29, 1.82) is 0 Å². The Balaban J connectivity index is 1.81. The number of amides is 2. The lowest BCUT2D eigenvalue weighted by molar-refractivity contribution is -0.0552. The first-order valence-corrected chi connectivity index (χ1v) is 13.3. The molecule has 2 heterocycles. The molecular weight excluding hydrogens is 446 g/mol. The molecule has 7 heteroatoms. The quantitative estimate of drug-likeness (QED) is 0.295. The highest BCUT2D eigenvalue weighted by Gasteiger charge is 2.42. The molecule has 0 radical (unpaired) electrons. The number of urea groups is 1. The van der Waals surface area contributed by atoms with Crippen LogP contribution in [0.15, 0.2) is 41.8 Å². The topological polar surface area (TPSA) is 73.8 Å². The molecule has 0 aliphatic carbocycles. The molecule has 1 aliphatic rings. The number of benzene rings is 1. The van der Waals surface area contributed by atoms with Crippen molar-refractivity contribution in [3.05, 3.63) is 47.4 Å². The van der Waals surface area contributed by atoms with Gasteiger partial charge in [0.05, 0.1) is 5.60 Å². The number of rotatable bonds is 12. The molecule has 2 amide bonds. The monoisotopic (exact) mass is 487 g/mol. The molecule has 0 bridgehead atoms.